The normalized spacial score (nSPS) is 22.3. The van der Waals surface area contributed by atoms with E-state index in [1.54, 1.807) is 18.2 Å². The Morgan fingerprint density at radius 1 is 1.23 bits per heavy atom. The molecule has 1 aromatic rings. The third-order valence-electron chi connectivity index (χ3n) is 4.95. The zero-order chi connectivity index (χ0) is 18.7. The Morgan fingerprint density at radius 3 is 2.58 bits per heavy atom. The van der Waals surface area contributed by atoms with E-state index in [1.165, 1.54) is 0 Å². The van der Waals surface area contributed by atoms with E-state index in [0.29, 0.717) is 48.5 Å². The quantitative estimate of drug-likeness (QED) is 0.844. The fraction of sp³-hybridized carbons (Fsp3) is 0.556. The summed E-state index contributed by atoms with van der Waals surface area (Å²) in [6, 6.07) is 4.65. The molecule has 2 fully saturated rings. The minimum absolute atomic E-state index is 0.0761. The number of hydrogen-bond donors (Lipinski definition) is 1. The van der Waals surface area contributed by atoms with Crippen LogP contribution in [0.3, 0.4) is 0 Å². The maximum Gasteiger partial charge on any atom is 0.251 e. The summed E-state index contributed by atoms with van der Waals surface area (Å²) in [7, 11) is 0. The van der Waals surface area contributed by atoms with Crippen LogP contribution in [-0.2, 0) is 14.3 Å². The van der Waals surface area contributed by atoms with E-state index in [9.17, 15) is 9.59 Å². The Kier molecular flexibility index (Phi) is 6.40. The lowest BCUT2D eigenvalue weighted by molar-refractivity contribution is -0.143. The molecule has 0 spiro atoms. The second kappa shape index (κ2) is 8.57. The van der Waals surface area contributed by atoms with Gasteiger partial charge in [0.1, 0.15) is 6.10 Å². The summed E-state index contributed by atoms with van der Waals surface area (Å²) < 4.78 is 5.48. The number of hydrogen-bond acceptors (Lipinski definition) is 4. The minimum atomic E-state index is -0.318. The fourth-order valence-electron chi connectivity index (χ4n) is 3.30. The summed E-state index contributed by atoms with van der Waals surface area (Å²) in [5.41, 5.74) is 0.542. The van der Waals surface area contributed by atoms with Gasteiger partial charge in [0.25, 0.3) is 5.91 Å². The number of piperazine rings is 1. The predicted octanol–water partition coefficient (Wildman–Crippen LogP) is 2.64. The molecule has 0 bridgehead atoms. The molecule has 3 rings (SSSR count). The van der Waals surface area contributed by atoms with E-state index in [2.05, 4.69) is 10.2 Å². The highest BCUT2D eigenvalue weighted by molar-refractivity contribution is 6.36. The predicted molar refractivity (Wildman–Crippen MR) is 102 cm³/mol. The molecule has 1 N–H and O–H groups in total. The van der Waals surface area contributed by atoms with E-state index in [0.717, 1.165) is 12.8 Å². The van der Waals surface area contributed by atoms with Crippen molar-refractivity contribution in [2.24, 2.45) is 0 Å². The molecule has 2 heterocycles. The highest BCUT2D eigenvalue weighted by Crippen LogP contribution is 2.25. The van der Waals surface area contributed by atoms with Crippen molar-refractivity contribution in [1.29, 1.82) is 0 Å². The van der Waals surface area contributed by atoms with Crippen molar-refractivity contribution in [3.05, 3.63) is 28.2 Å². The Labute approximate surface area is 163 Å². The van der Waals surface area contributed by atoms with Crippen molar-refractivity contribution < 1.29 is 14.3 Å². The van der Waals surface area contributed by atoms with E-state index in [1.807, 2.05) is 11.8 Å². The van der Waals surface area contributed by atoms with Crippen molar-refractivity contribution in [3.63, 3.8) is 0 Å². The lowest BCUT2D eigenvalue weighted by Crippen LogP contribution is -2.55. The third kappa shape index (κ3) is 4.49. The van der Waals surface area contributed by atoms with Crippen LogP contribution in [0.2, 0.25) is 10.0 Å². The molecular formula is C18H23Cl2N3O3. The summed E-state index contributed by atoms with van der Waals surface area (Å²) >= 11 is 12.0. The largest absolute Gasteiger partial charge is 0.368 e. The van der Waals surface area contributed by atoms with Crippen LogP contribution in [0.15, 0.2) is 18.2 Å². The van der Waals surface area contributed by atoms with Gasteiger partial charge in [-0.15, -0.1) is 0 Å². The highest BCUT2D eigenvalue weighted by atomic mass is 35.5. The number of nitrogens with zero attached hydrogens (tertiary/aromatic N) is 2. The van der Waals surface area contributed by atoms with Crippen LogP contribution in [0.4, 0.5) is 5.69 Å². The van der Waals surface area contributed by atoms with Gasteiger partial charge in [-0.05, 0) is 38.0 Å². The molecule has 2 aliphatic heterocycles. The first kappa shape index (κ1) is 19.4. The first-order valence-corrected chi connectivity index (χ1v) is 9.61. The third-order valence-corrected chi connectivity index (χ3v) is 5.50. The first-order chi connectivity index (χ1) is 12.5. The van der Waals surface area contributed by atoms with Gasteiger partial charge in [-0.1, -0.05) is 23.2 Å². The van der Waals surface area contributed by atoms with Gasteiger partial charge in [0.2, 0.25) is 5.91 Å². The molecule has 2 saturated heterocycles. The molecule has 2 unspecified atom stereocenters. The maximum atomic E-state index is 12.5. The lowest BCUT2D eigenvalue weighted by atomic mass is 10.1. The van der Waals surface area contributed by atoms with E-state index >= 15 is 0 Å². The molecule has 26 heavy (non-hydrogen) atoms. The Balaban J connectivity index is 1.51. The van der Waals surface area contributed by atoms with Crippen LogP contribution in [0.1, 0.15) is 19.8 Å². The van der Waals surface area contributed by atoms with Crippen molar-refractivity contribution in [1.82, 2.24) is 9.80 Å². The van der Waals surface area contributed by atoms with Gasteiger partial charge in [-0.25, -0.2) is 0 Å². The molecule has 0 aliphatic carbocycles. The Hall–Kier alpha value is -1.34. The van der Waals surface area contributed by atoms with Crippen LogP contribution in [-0.4, -0.2) is 66.5 Å². The number of carbonyl (C=O) groups is 2. The minimum Gasteiger partial charge on any atom is -0.368 e. The molecule has 8 heteroatoms. The second-order valence-electron chi connectivity index (χ2n) is 6.65. The first-order valence-electron chi connectivity index (χ1n) is 8.86. The average Bonchev–Trinajstić information content (AvgIpc) is 3.17. The second-order valence-corrected chi connectivity index (χ2v) is 7.50. The van der Waals surface area contributed by atoms with Gasteiger partial charge in [0, 0.05) is 37.8 Å². The zero-order valence-electron chi connectivity index (χ0n) is 14.7. The maximum absolute atomic E-state index is 12.5. The van der Waals surface area contributed by atoms with Gasteiger partial charge < -0.3 is 15.0 Å². The van der Waals surface area contributed by atoms with Gasteiger partial charge in [-0.2, -0.15) is 0 Å². The molecule has 2 amide bonds. The standard InChI is InChI=1S/C18H23Cl2N3O3/c1-12(17(24)21-15-5-4-13(19)11-14(15)20)22-6-8-23(9-7-22)18(25)16-3-2-10-26-16/h4-5,11-12,16H,2-3,6-10H2,1H3,(H,21,24). The Bertz CT molecular complexity index is 672. The van der Waals surface area contributed by atoms with Crippen molar-refractivity contribution in [2.45, 2.75) is 31.9 Å². The van der Waals surface area contributed by atoms with Crippen LogP contribution in [0, 0.1) is 0 Å². The Morgan fingerprint density at radius 2 is 1.96 bits per heavy atom. The number of amides is 2. The lowest BCUT2D eigenvalue weighted by Gasteiger charge is -2.38. The van der Waals surface area contributed by atoms with Gasteiger partial charge in [0.05, 0.1) is 16.8 Å². The molecule has 0 radical (unpaired) electrons. The van der Waals surface area contributed by atoms with Crippen LogP contribution in [0.5, 0.6) is 0 Å². The number of ether oxygens (including phenoxy) is 1. The van der Waals surface area contributed by atoms with Crippen LogP contribution < -0.4 is 5.32 Å². The number of halogens is 2. The molecule has 2 aliphatic rings. The number of rotatable bonds is 4. The number of carbonyl (C=O) groups excluding carboxylic acids is 2. The fourth-order valence-corrected chi connectivity index (χ4v) is 3.76. The number of nitrogens with one attached hydrogen (secondary N) is 1. The van der Waals surface area contributed by atoms with Gasteiger partial charge in [0.15, 0.2) is 0 Å². The molecule has 2 atom stereocenters. The van der Waals surface area contributed by atoms with Gasteiger partial charge >= 0.3 is 0 Å². The summed E-state index contributed by atoms with van der Waals surface area (Å²) in [5, 5.41) is 3.77. The summed E-state index contributed by atoms with van der Waals surface area (Å²) in [5.74, 6) is -0.0553. The summed E-state index contributed by atoms with van der Waals surface area (Å²) in [4.78, 5) is 28.8. The zero-order valence-corrected chi connectivity index (χ0v) is 16.2. The smallest absolute Gasteiger partial charge is 0.251 e. The van der Waals surface area contributed by atoms with Crippen molar-refractivity contribution in [2.75, 3.05) is 38.1 Å². The highest BCUT2D eigenvalue weighted by Gasteiger charge is 2.32. The monoisotopic (exact) mass is 399 g/mol. The van der Waals surface area contributed by atoms with E-state index < -0.39 is 0 Å². The SMILES string of the molecule is CC(C(=O)Nc1ccc(Cl)cc1Cl)N1CCN(C(=O)C2CCCO2)CC1. The van der Waals surface area contributed by atoms with E-state index in [4.69, 9.17) is 27.9 Å². The summed E-state index contributed by atoms with van der Waals surface area (Å²) in [6.45, 7) is 5.05. The molecule has 1 aromatic carbocycles. The molecular weight excluding hydrogens is 377 g/mol. The average molecular weight is 400 g/mol. The van der Waals surface area contributed by atoms with Gasteiger partial charge in [-0.3, -0.25) is 14.5 Å². The summed E-state index contributed by atoms with van der Waals surface area (Å²) in [6.07, 6.45) is 1.47. The topological polar surface area (TPSA) is 61.9 Å². The number of anilines is 1. The molecule has 6 nitrogen and oxygen atoms in total. The molecule has 142 valence electrons. The van der Waals surface area contributed by atoms with Crippen LogP contribution in [0.25, 0.3) is 0 Å². The molecule has 0 saturated carbocycles. The molecule has 0 aromatic heterocycles. The van der Waals surface area contributed by atoms with Crippen LogP contribution >= 0.6 is 23.2 Å². The van der Waals surface area contributed by atoms with Crippen molar-refractivity contribution in [3.8, 4) is 0 Å². The number of benzene rings is 1. The van der Waals surface area contributed by atoms with E-state index in [-0.39, 0.29) is 24.0 Å². The van der Waals surface area contributed by atoms with Crippen molar-refractivity contribution >= 4 is 40.7 Å².